The first-order valence-electron chi connectivity index (χ1n) is 9.47. The molecule has 0 spiro atoms. The first kappa shape index (κ1) is 18.9. The molecular formula is C23H20O6. The van der Waals surface area contributed by atoms with Gasteiger partial charge in [0.25, 0.3) is 0 Å². The molecule has 0 saturated heterocycles. The van der Waals surface area contributed by atoms with Gasteiger partial charge < -0.3 is 13.9 Å². The Kier molecular flexibility index (Phi) is 5.16. The van der Waals surface area contributed by atoms with Gasteiger partial charge in [0.05, 0.1) is 0 Å². The average molecular weight is 392 g/mol. The van der Waals surface area contributed by atoms with Crippen molar-refractivity contribution in [2.24, 2.45) is 0 Å². The summed E-state index contributed by atoms with van der Waals surface area (Å²) in [6, 6.07) is 11.9. The van der Waals surface area contributed by atoms with Gasteiger partial charge in [-0.25, -0.2) is 9.59 Å². The smallest absolute Gasteiger partial charge is 0.344 e. The summed E-state index contributed by atoms with van der Waals surface area (Å²) in [7, 11) is 0. The number of ether oxygens (including phenoxy) is 2. The van der Waals surface area contributed by atoms with Gasteiger partial charge in [-0.3, -0.25) is 4.79 Å². The van der Waals surface area contributed by atoms with Gasteiger partial charge >= 0.3 is 11.6 Å². The minimum atomic E-state index is -0.569. The highest BCUT2D eigenvalue weighted by molar-refractivity contribution is 5.94. The van der Waals surface area contributed by atoms with Gasteiger partial charge in [0.15, 0.2) is 12.4 Å². The van der Waals surface area contributed by atoms with Crippen LogP contribution in [0.2, 0.25) is 0 Å². The van der Waals surface area contributed by atoms with E-state index in [1.807, 2.05) is 12.1 Å². The Hall–Kier alpha value is -3.41. The lowest BCUT2D eigenvalue weighted by Gasteiger charge is -2.10. The van der Waals surface area contributed by atoms with Crippen LogP contribution in [0.25, 0.3) is 11.0 Å². The van der Waals surface area contributed by atoms with E-state index in [9.17, 15) is 14.4 Å². The molecule has 1 aromatic heterocycles. The fraction of sp³-hybridized carbons (Fsp3) is 0.261. The molecule has 0 bridgehead atoms. The molecule has 1 heterocycles. The van der Waals surface area contributed by atoms with Gasteiger partial charge in [-0.2, -0.15) is 0 Å². The zero-order chi connectivity index (χ0) is 20.4. The van der Waals surface area contributed by atoms with Crippen LogP contribution < -0.4 is 10.4 Å². The maximum absolute atomic E-state index is 12.1. The number of rotatable bonds is 6. The first-order valence-corrected chi connectivity index (χ1v) is 9.47. The molecule has 0 amide bonds. The molecule has 0 fully saturated rings. The lowest BCUT2D eigenvalue weighted by atomic mass is 10.0. The number of Topliss-reactive ketones (excluding diaryl/α,β-unsaturated/α-hetero) is 1. The van der Waals surface area contributed by atoms with E-state index < -0.39 is 11.6 Å². The fourth-order valence-corrected chi connectivity index (χ4v) is 3.56. The molecule has 0 aliphatic heterocycles. The highest BCUT2D eigenvalue weighted by atomic mass is 16.6. The van der Waals surface area contributed by atoms with Crippen molar-refractivity contribution in [2.45, 2.75) is 32.8 Å². The summed E-state index contributed by atoms with van der Waals surface area (Å²) >= 11 is 0. The Morgan fingerprint density at radius 2 is 1.86 bits per heavy atom. The monoisotopic (exact) mass is 392 g/mol. The molecule has 6 nitrogen and oxygen atoms in total. The summed E-state index contributed by atoms with van der Waals surface area (Å²) in [5, 5.41) is 0.785. The largest absolute Gasteiger partial charge is 0.482 e. The van der Waals surface area contributed by atoms with Gasteiger partial charge in [-0.05, 0) is 61.6 Å². The van der Waals surface area contributed by atoms with Crippen molar-refractivity contribution in [3.8, 4) is 5.75 Å². The summed E-state index contributed by atoms with van der Waals surface area (Å²) in [5.74, 6) is -0.240. The van der Waals surface area contributed by atoms with Crippen molar-refractivity contribution in [3.05, 3.63) is 75.1 Å². The van der Waals surface area contributed by atoms with Crippen LogP contribution in [0.15, 0.2) is 51.7 Å². The van der Waals surface area contributed by atoms with Crippen LogP contribution in [0.3, 0.4) is 0 Å². The topological polar surface area (TPSA) is 82.8 Å². The van der Waals surface area contributed by atoms with Crippen molar-refractivity contribution in [3.63, 3.8) is 0 Å². The van der Waals surface area contributed by atoms with E-state index in [0.717, 1.165) is 24.6 Å². The SMILES string of the molecule is CC(=O)c1cccc(OCC(=O)OCc2cc(=O)oc3cc4c(cc23)CCC4)c1. The minimum Gasteiger partial charge on any atom is -0.482 e. The van der Waals surface area contributed by atoms with Crippen LogP contribution >= 0.6 is 0 Å². The molecule has 0 unspecified atom stereocenters. The average Bonchev–Trinajstić information content (AvgIpc) is 3.16. The third kappa shape index (κ3) is 4.21. The third-order valence-electron chi connectivity index (χ3n) is 5.03. The molecule has 3 aromatic rings. The van der Waals surface area contributed by atoms with Gasteiger partial charge in [-0.1, -0.05) is 12.1 Å². The molecule has 0 saturated carbocycles. The van der Waals surface area contributed by atoms with E-state index in [1.54, 1.807) is 24.3 Å². The second kappa shape index (κ2) is 7.91. The van der Waals surface area contributed by atoms with E-state index in [1.165, 1.54) is 24.1 Å². The molecular weight excluding hydrogens is 372 g/mol. The van der Waals surface area contributed by atoms with Crippen LogP contribution in [-0.2, 0) is 29.0 Å². The number of ketones is 1. The predicted octanol–water partition coefficient (Wildman–Crippen LogP) is 3.61. The molecule has 2 aromatic carbocycles. The van der Waals surface area contributed by atoms with E-state index in [-0.39, 0.29) is 19.0 Å². The van der Waals surface area contributed by atoms with Crippen molar-refractivity contribution in [1.29, 1.82) is 0 Å². The molecule has 29 heavy (non-hydrogen) atoms. The van der Waals surface area contributed by atoms with E-state index in [4.69, 9.17) is 13.9 Å². The van der Waals surface area contributed by atoms with Gasteiger partial charge in [0.2, 0.25) is 0 Å². The first-order chi connectivity index (χ1) is 14.0. The number of benzene rings is 2. The van der Waals surface area contributed by atoms with Gasteiger partial charge in [0, 0.05) is 22.6 Å². The van der Waals surface area contributed by atoms with Crippen molar-refractivity contribution in [1.82, 2.24) is 0 Å². The van der Waals surface area contributed by atoms with Crippen molar-refractivity contribution in [2.75, 3.05) is 6.61 Å². The van der Waals surface area contributed by atoms with E-state index in [0.29, 0.717) is 22.5 Å². The Morgan fingerprint density at radius 1 is 1.07 bits per heavy atom. The lowest BCUT2D eigenvalue weighted by molar-refractivity contribution is -0.147. The third-order valence-corrected chi connectivity index (χ3v) is 5.03. The summed E-state index contributed by atoms with van der Waals surface area (Å²) < 4.78 is 16.0. The summed E-state index contributed by atoms with van der Waals surface area (Å²) in [5.41, 5.74) is 3.60. The Bertz CT molecular complexity index is 1160. The van der Waals surface area contributed by atoms with Crippen LogP contribution in [0.4, 0.5) is 0 Å². The highest BCUT2D eigenvalue weighted by Gasteiger charge is 2.16. The normalized spacial score (nSPS) is 12.6. The molecule has 1 aliphatic carbocycles. The van der Waals surface area contributed by atoms with E-state index >= 15 is 0 Å². The van der Waals surface area contributed by atoms with Crippen LogP contribution in [0.1, 0.15) is 40.4 Å². The quantitative estimate of drug-likeness (QED) is 0.362. The van der Waals surface area contributed by atoms with Gasteiger partial charge in [-0.15, -0.1) is 0 Å². The molecule has 1 aliphatic rings. The fourth-order valence-electron chi connectivity index (χ4n) is 3.56. The van der Waals surface area contributed by atoms with Crippen molar-refractivity contribution < 1.29 is 23.5 Å². The number of hydrogen-bond donors (Lipinski definition) is 0. The number of carbonyl (C=O) groups excluding carboxylic acids is 2. The van der Waals surface area contributed by atoms with E-state index in [2.05, 4.69) is 0 Å². The van der Waals surface area contributed by atoms with Crippen molar-refractivity contribution >= 4 is 22.7 Å². The molecule has 0 atom stereocenters. The number of hydrogen-bond acceptors (Lipinski definition) is 6. The maximum atomic E-state index is 12.1. The summed E-state index contributed by atoms with van der Waals surface area (Å²) in [4.78, 5) is 35.4. The maximum Gasteiger partial charge on any atom is 0.344 e. The van der Waals surface area contributed by atoms with Crippen LogP contribution in [0, 0.1) is 0 Å². The van der Waals surface area contributed by atoms with Gasteiger partial charge in [0.1, 0.15) is 17.9 Å². The molecule has 6 heteroatoms. The lowest BCUT2D eigenvalue weighted by Crippen LogP contribution is -2.15. The highest BCUT2D eigenvalue weighted by Crippen LogP contribution is 2.28. The zero-order valence-electron chi connectivity index (χ0n) is 16.0. The molecule has 0 N–H and O–H groups in total. The molecule has 4 rings (SSSR count). The molecule has 0 radical (unpaired) electrons. The Labute approximate surface area is 167 Å². The predicted molar refractivity (Wildman–Crippen MR) is 106 cm³/mol. The summed E-state index contributed by atoms with van der Waals surface area (Å²) in [6.07, 6.45) is 3.07. The van der Waals surface area contributed by atoms with Crippen LogP contribution in [0.5, 0.6) is 5.75 Å². The standard InChI is InChI=1S/C23H20O6/c1-14(24)15-4-3-7-19(8-15)27-13-23(26)28-12-18-11-22(25)29-21-10-17-6-2-5-16(17)9-20(18)21/h3-4,7-11H,2,5-6,12-13H2,1H3. The number of esters is 1. The second-order valence-corrected chi connectivity index (χ2v) is 7.09. The summed E-state index contributed by atoms with van der Waals surface area (Å²) in [6.45, 7) is 1.12. The Balaban J connectivity index is 1.44. The number of aryl methyl sites for hydroxylation is 2. The second-order valence-electron chi connectivity index (χ2n) is 7.09. The number of fused-ring (bicyclic) bond motifs is 2. The molecule has 148 valence electrons. The van der Waals surface area contributed by atoms with Crippen LogP contribution in [-0.4, -0.2) is 18.4 Å². The number of carbonyl (C=O) groups is 2. The zero-order valence-corrected chi connectivity index (χ0v) is 16.0. The Morgan fingerprint density at radius 3 is 2.66 bits per heavy atom. The minimum absolute atomic E-state index is 0.0451.